The van der Waals surface area contributed by atoms with Crippen molar-refractivity contribution >= 4 is 5.69 Å². The summed E-state index contributed by atoms with van der Waals surface area (Å²) in [4.78, 5) is 8.32. The summed E-state index contributed by atoms with van der Waals surface area (Å²) in [5, 5.41) is 7.76. The summed E-state index contributed by atoms with van der Waals surface area (Å²) in [6.07, 6.45) is 0.443. The molecule has 0 amide bonds. The van der Waals surface area contributed by atoms with Crippen molar-refractivity contribution in [2.45, 2.75) is 19.6 Å². The van der Waals surface area contributed by atoms with Gasteiger partial charge in [0.25, 0.3) is 0 Å². The molecule has 30 heavy (non-hydrogen) atoms. The molecule has 1 N–H and O–H groups in total. The van der Waals surface area contributed by atoms with Crippen molar-refractivity contribution in [3.05, 3.63) is 90.0 Å². The first kappa shape index (κ1) is 19.6. The molecule has 0 radical (unpaired) electrons. The molecular weight excluding hydrogens is 391 g/mol. The number of nitrogens with one attached hydrogen (secondary N) is 1. The zero-order valence-corrected chi connectivity index (χ0v) is 16.1. The molecule has 4 aromatic rings. The highest BCUT2D eigenvalue weighted by Crippen LogP contribution is 2.33. The highest BCUT2D eigenvalue weighted by molar-refractivity contribution is 5.73. The smallest absolute Gasteiger partial charge is 0.380 e. The van der Waals surface area contributed by atoms with Crippen LogP contribution in [0.1, 0.15) is 16.7 Å². The third-order valence-corrected chi connectivity index (χ3v) is 4.68. The summed E-state index contributed by atoms with van der Waals surface area (Å²) in [6.45, 7) is 2.03. The number of alkyl halides is 3. The first-order valence-corrected chi connectivity index (χ1v) is 9.24. The summed E-state index contributed by atoms with van der Waals surface area (Å²) in [6, 6.07) is 15.5. The average Bonchev–Trinajstić information content (AvgIpc) is 3.23. The predicted octanol–water partition coefficient (Wildman–Crippen LogP) is 5.27. The van der Waals surface area contributed by atoms with Crippen LogP contribution in [-0.4, -0.2) is 19.7 Å². The van der Waals surface area contributed by atoms with Crippen molar-refractivity contribution < 1.29 is 13.2 Å². The molecule has 0 spiro atoms. The van der Waals surface area contributed by atoms with E-state index in [1.54, 1.807) is 18.5 Å². The minimum absolute atomic E-state index is 0.164. The second-order valence-corrected chi connectivity index (χ2v) is 6.76. The molecule has 0 aliphatic heterocycles. The summed E-state index contributed by atoms with van der Waals surface area (Å²) in [5.74, 6) is 0.418. The Morgan fingerprint density at radius 3 is 2.53 bits per heavy atom. The highest BCUT2D eigenvalue weighted by Gasteiger charge is 2.32. The van der Waals surface area contributed by atoms with Gasteiger partial charge in [-0.3, -0.25) is 4.98 Å². The molecule has 5 nitrogen and oxygen atoms in total. The lowest BCUT2D eigenvalue weighted by atomic mass is 10.1. The zero-order valence-electron chi connectivity index (χ0n) is 16.1. The molecule has 2 heterocycles. The Labute approximate surface area is 171 Å². The first-order chi connectivity index (χ1) is 14.4. The first-order valence-electron chi connectivity index (χ1n) is 9.24. The maximum Gasteiger partial charge on any atom is 0.416 e. The lowest BCUT2D eigenvalue weighted by Gasteiger charge is -2.12. The molecule has 0 aliphatic carbocycles. The average molecular weight is 409 g/mol. The van der Waals surface area contributed by atoms with Gasteiger partial charge in [0.2, 0.25) is 0 Å². The molecule has 2 aromatic carbocycles. The summed E-state index contributed by atoms with van der Waals surface area (Å²) in [5.41, 5.74) is 2.43. The number of halogens is 3. The van der Waals surface area contributed by atoms with Crippen molar-refractivity contribution in [2.75, 3.05) is 5.32 Å². The van der Waals surface area contributed by atoms with Gasteiger partial charge in [-0.1, -0.05) is 18.2 Å². The fraction of sp³-hybridized carbons (Fsp3) is 0.136. The second kappa shape index (κ2) is 7.98. The number of anilines is 1. The number of benzene rings is 2. The molecule has 0 saturated heterocycles. The van der Waals surface area contributed by atoms with Gasteiger partial charge in [0.1, 0.15) is 6.33 Å². The van der Waals surface area contributed by atoms with E-state index in [1.807, 2.05) is 36.4 Å². The van der Waals surface area contributed by atoms with Crippen LogP contribution in [0.2, 0.25) is 0 Å². The van der Waals surface area contributed by atoms with Gasteiger partial charge in [-0.25, -0.2) is 9.67 Å². The normalized spacial score (nSPS) is 11.5. The molecule has 2 aromatic heterocycles. The van der Waals surface area contributed by atoms with Crippen LogP contribution < -0.4 is 5.32 Å². The van der Waals surface area contributed by atoms with Gasteiger partial charge in [-0.05, 0) is 54.4 Å². The largest absolute Gasteiger partial charge is 0.416 e. The van der Waals surface area contributed by atoms with Crippen LogP contribution in [-0.2, 0) is 12.7 Å². The number of hydrogen-bond donors (Lipinski definition) is 1. The van der Waals surface area contributed by atoms with Crippen LogP contribution in [0.15, 0.2) is 73.3 Å². The number of pyridine rings is 1. The van der Waals surface area contributed by atoms with Crippen LogP contribution in [0.25, 0.3) is 17.1 Å². The van der Waals surface area contributed by atoms with Crippen molar-refractivity contribution in [1.82, 2.24) is 19.7 Å². The Hall–Kier alpha value is -3.68. The van der Waals surface area contributed by atoms with E-state index < -0.39 is 11.7 Å². The number of rotatable bonds is 5. The van der Waals surface area contributed by atoms with E-state index in [0.29, 0.717) is 18.1 Å². The maximum absolute atomic E-state index is 13.2. The molecular formula is C22H18F3N5. The highest BCUT2D eigenvalue weighted by atomic mass is 19.4. The van der Waals surface area contributed by atoms with E-state index in [1.165, 1.54) is 24.0 Å². The van der Waals surface area contributed by atoms with Gasteiger partial charge in [0.05, 0.1) is 11.3 Å². The Bertz CT molecular complexity index is 1150. The third-order valence-electron chi connectivity index (χ3n) is 4.68. The fourth-order valence-corrected chi connectivity index (χ4v) is 3.10. The molecule has 0 aliphatic rings. The lowest BCUT2D eigenvalue weighted by molar-refractivity contribution is -0.138. The summed E-state index contributed by atoms with van der Waals surface area (Å²) < 4.78 is 41.1. The maximum atomic E-state index is 13.2. The Kier molecular flexibility index (Phi) is 5.22. The number of aryl methyl sites for hydroxylation is 1. The van der Waals surface area contributed by atoms with E-state index in [4.69, 9.17) is 0 Å². The number of nitrogens with zero attached hydrogens (tertiary/aromatic N) is 4. The lowest BCUT2D eigenvalue weighted by Crippen LogP contribution is -2.09. The predicted molar refractivity (Wildman–Crippen MR) is 108 cm³/mol. The summed E-state index contributed by atoms with van der Waals surface area (Å²) >= 11 is 0. The van der Waals surface area contributed by atoms with E-state index >= 15 is 0 Å². The number of hydrogen-bond acceptors (Lipinski definition) is 4. The van der Waals surface area contributed by atoms with Crippen molar-refractivity contribution in [2.24, 2.45) is 0 Å². The molecule has 0 saturated carbocycles. The fourth-order valence-electron chi connectivity index (χ4n) is 3.10. The molecule has 0 unspecified atom stereocenters. The van der Waals surface area contributed by atoms with Crippen molar-refractivity contribution in [1.29, 1.82) is 0 Å². The van der Waals surface area contributed by atoms with Gasteiger partial charge in [0, 0.05) is 30.2 Å². The Morgan fingerprint density at radius 1 is 1.00 bits per heavy atom. The van der Waals surface area contributed by atoms with Crippen LogP contribution >= 0.6 is 0 Å². The van der Waals surface area contributed by atoms with Crippen LogP contribution in [0.4, 0.5) is 18.9 Å². The molecule has 4 rings (SSSR count). The Balaban J connectivity index is 1.62. The Morgan fingerprint density at radius 2 is 1.77 bits per heavy atom. The van der Waals surface area contributed by atoms with Crippen LogP contribution in [0.5, 0.6) is 0 Å². The van der Waals surface area contributed by atoms with Crippen molar-refractivity contribution in [3.63, 3.8) is 0 Å². The standard InChI is InChI=1S/C22H18F3N5/c1-15-6-7-17(12-19(15)22(23,24)25)30-14-28-21(29-30)18-4-2-3-5-20(18)27-13-16-8-10-26-11-9-16/h2-12,14,27H,13H2,1H3. The van der Waals surface area contributed by atoms with Crippen LogP contribution in [0, 0.1) is 6.92 Å². The molecule has 8 heteroatoms. The van der Waals surface area contributed by atoms with E-state index in [2.05, 4.69) is 20.4 Å². The third kappa shape index (κ3) is 4.17. The minimum atomic E-state index is -4.42. The SMILES string of the molecule is Cc1ccc(-n2cnc(-c3ccccc3NCc3ccncc3)n2)cc1C(F)(F)F. The van der Waals surface area contributed by atoms with Gasteiger partial charge in [-0.15, -0.1) is 5.10 Å². The van der Waals surface area contributed by atoms with Crippen LogP contribution in [0.3, 0.4) is 0 Å². The van der Waals surface area contributed by atoms with Gasteiger partial charge < -0.3 is 5.32 Å². The topological polar surface area (TPSA) is 55.6 Å². The molecule has 0 fully saturated rings. The molecule has 0 atom stereocenters. The van der Waals surface area contributed by atoms with E-state index in [0.717, 1.165) is 22.9 Å². The monoisotopic (exact) mass is 409 g/mol. The number of aromatic nitrogens is 4. The minimum Gasteiger partial charge on any atom is -0.380 e. The quantitative estimate of drug-likeness (QED) is 0.488. The van der Waals surface area contributed by atoms with E-state index in [9.17, 15) is 13.2 Å². The summed E-state index contributed by atoms with van der Waals surface area (Å²) in [7, 11) is 0. The molecule has 152 valence electrons. The second-order valence-electron chi connectivity index (χ2n) is 6.76. The zero-order chi connectivity index (χ0) is 21.1. The van der Waals surface area contributed by atoms with Gasteiger partial charge in [0.15, 0.2) is 5.82 Å². The van der Waals surface area contributed by atoms with Crippen molar-refractivity contribution in [3.8, 4) is 17.1 Å². The van der Waals surface area contributed by atoms with Gasteiger partial charge >= 0.3 is 6.18 Å². The van der Waals surface area contributed by atoms with Gasteiger partial charge in [-0.2, -0.15) is 13.2 Å². The number of para-hydroxylation sites is 1. The van der Waals surface area contributed by atoms with E-state index in [-0.39, 0.29) is 5.56 Å². The molecule has 0 bridgehead atoms.